The Balaban J connectivity index is 2.03. The van der Waals surface area contributed by atoms with Crippen molar-refractivity contribution in [3.63, 3.8) is 0 Å². The second-order valence-corrected chi connectivity index (χ2v) is 5.11. The SMILES string of the molecule is Cc1cccc(Cn2ccc3cccc(CCN)c32)n1. The highest BCUT2D eigenvalue weighted by Gasteiger charge is 2.07. The quantitative estimate of drug-likeness (QED) is 0.788. The molecule has 0 fully saturated rings. The first-order valence-electron chi connectivity index (χ1n) is 6.97. The van der Waals surface area contributed by atoms with E-state index in [4.69, 9.17) is 5.73 Å². The molecule has 0 aliphatic heterocycles. The first-order chi connectivity index (χ1) is 9.78. The zero-order chi connectivity index (χ0) is 13.9. The van der Waals surface area contributed by atoms with Crippen LogP contribution in [-0.4, -0.2) is 16.1 Å². The van der Waals surface area contributed by atoms with E-state index in [2.05, 4.69) is 52.1 Å². The predicted molar refractivity (Wildman–Crippen MR) is 82.8 cm³/mol. The van der Waals surface area contributed by atoms with E-state index in [-0.39, 0.29) is 0 Å². The Bertz CT molecular complexity index is 728. The predicted octanol–water partition coefficient (Wildman–Crippen LogP) is 2.89. The highest BCUT2D eigenvalue weighted by atomic mass is 15.0. The molecule has 0 amide bonds. The number of benzene rings is 1. The number of nitrogens with two attached hydrogens (primary N) is 1. The third-order valence-corrected chi connectivity index (χ3v) is 3.56. The number of hydrogen-bond acceptors (Lipinski definition) is 2. The number of rotatable bonds is 4. The zero-order valence-corrected chi connectivity index (χ0v) is 11.7. The summed E-state index contributed by atoms with van der Waals surface area (Å²) in [5.74, 6) is 0. The molecule has 0 aliphatic carbocycles. The van der Waals surface area contributed by atoms with E-state index in [1.165, 1.54) is 16.5 Å². The van der Waals surface area contributed by atoms with Crippen molar-refractivity contribution in [3.8, 4) is 0 Å². The molecule has 2 heterocycles. The Kier molecular flexibility index (Phi) is 3.52. The van der Waals surface area contributed by atoms with Crippen LogP contribution >= 0.6 is 0 Å². The Labute approximate surface area is 119 Å². The number of hydrogen-bond donors (Lipinski definition) is 1. The Morgan fingerprint density at radius 2 is 1.95 bits per heavy atom. The van der Waals surface area contributed by atoms with E-state index in [0.717, 1.165) is 24.4 Å². The summed E-state index contributed by atoms with van der Waals surface area (Å²) in [4.78, 5) is 4.58. The van der Waals surface area contributed by atoms with Crippen LogP contribution in [0.1, 0.15) is 17.0 Å². The Morgan fingerprint density at radius 1 is 1.10 bits per heavy atom. The third kappa shape index (κ3) is 2.45. The molecule has 0 bridgehead atoms. The molecule has 3 heteroatoms. The third-order valence-electron chi connectivity index (χ3n) is 3.56. The zero-order valence-electron chi connectivity index (χ0n) is 11.7. The van der Waals surface area contributed by atoms with E-state index < -0.39 is 0 Å². The monoisotopic (exact) mass is 265 g/mol. The first kappa shape index (κ1) is 12.9. The van der Waals surface area contributed by atoms with E-state index in [9.17, 15) is 0 Å². The number of aryl methyl sites for hydroxylation is 1. The summed E-state index contributed by atoms with van der Waals surface area (Å²) < 4.78 is 2.27. The van der Waals surface area contributed by atoms with Crippen molar-refractivity contribution in [2.75, 3.05) is 6.54 Å². The maximum Gasteiger partial charge on any atom is 0.0648 e. The summed E-state index contributed by atoms with van der Waals surface area (Å²) in [5.41, 5.74) is 10.5. The van der Waals surface area contributed by atoms with Crippen molar-refractivity contribution < 1.29 is 0 Å². The van der Waals surface area contributed by atoms with Crippen LogP contribution in [0.5, 0.6) is 0 Å². The molecule has 0 saturated carbocycles. The van der Waals surface area contributed by atoms with E-state index in [1.54, 1.807) is 0 Å². The normalized spacial score (nSPS) is 11.1. The molecule has 0 spiro atoms. The summed E-state index contributed by atoms with van der Waals surface area (Å²) in [6.45, 7) is 3.50. The lowest BCUT2D eigenvalue weighted by Crippen LogP contribution is -2.06. The van der Waals surface area contributed by atoms with Gasteiger partial charge in [0, 0.05) is 11.9 Å². The van der Waals surface area contributed by atoms with Crippen LogP contribution in [0.4, 0.5) is 0 Å². The number of aromatic nitrogens is 2. The van der Waals surface area contributed by atoms with Crippen LogP contribution in [0.2, 0.25) is 0 Å². The standard InChI is InChI=1S/C17H19N3/c1-13-4-2-7-16(19-13)12-20-11-9-15-6-3-5-14(8-10-18)17(15)20/h2-7,9,11H,8,10,12,18H2,1H3. The highest BCUT2D eigenvalue weighted by molar-refractivity contribution is 5.83. The van der Waals surface area contributed by atoms with Crippen LogP contribution < -0.4 is 5.73 Å². The lowest BCUT2D eigenvalue weighted by atomic mass is 10.1. The average Bonchev–Trinajstić information content (AvgIpc) is 2.84. The molecule has 2 aromatic heterocycles. The van der Waals surface area contributed by atoms with Gasteiger partial charge in [-0.25, -0.2) is 0 Å². The lowest BCUT2D eigenvalue weighted by molar-refractivity contribution is 0.796. The number of pyridine rings is 1. The molecular weight excluding hydrogens is 246 g/mol. The molecule has 3 aromatic rings. The number of para-hydroxylation sites is 1. The van der Waals surface area contributed by atoms with E-state index in [0.29, 0.717) is 6.54 Å². The van der Waals surface area contributed by atoms with Gasteiger partial charge >= 0.3 is 0 Å². The van der Waals surface area contributed by atoms with Gasteiger partial charge in [-0.1, -0.05) is 24.3 Å². The van der Waals surface area contributed by atoms with Gasteiger partial charge in [0.2, 0.25) is 0 Å². The fourth-order valence-corrected chi connectivity index (χ4v) is 2.69. The molecule has 0 aliphatic rings. The van der Waals surface area contributed by atoms with Gasteiger partial charge in [0.15, 0.2) is 0 Å². The molecule has 0 atom stereocenters. The minimum Gasteiger partial charge on any atom is -0.341 e. The van der Waals surface area contributed by atoms with Gasteiger partial charge in [-0.2, -0.15) is 0 Å². The Morgan fingerprint density at radius 3 is 2.75 bits per heavy atom. The minimum absolute atomic E-state index is 0.674. The van der Waals surface area contributed by atoms with Crippen molar-refractivity contribution in [2.45, 2.75) is 19.9 Å². The minimum atomic E-state index is 0.674. The molecular formula is C17H19N3. The van der Waals surface area contributed by atoms with Crippen molar-refractivity contribution >= 4 is 10.9 Å². The van der Waals surface area contributed by atoms with Crippen LogP contribution in [0, 0.1) is 6.92 Å². The molecule has 3 nitrogen and oxygen atoms in total. The van der Waals surface area contributed by atoms with Gasteiger partial charge in [0.1, 0.15) is 0 Å². The van der Waals surface area contributed by atoms with Gasteiger partial charge in [-0.05, 0) is 49.0 Å². The van der Waals surface area contributed by atoms with Crippen molar-refractivity contribution in [2.24, 2.45) is 5.73 Å². The van der Waals surface area contributed by atoms with Crippen LogP contribution in [0.3, 0.4) is 0 Å². The van der Waals surface area contributed by atoms with Crippen LogP contribution in [0.25, 0.3) is 10.9 Å². The van der Waals surface area contributed by atoms with Crippen molar-refractivity contribution in [1.82, 2.24) is 9.55 Å². The van der Waals surface area contributed by atoms with Gasteiger partial charge in [-0.3, -0.25) is 4.98 Å². The fraction of sp³-hybridized carbons (Fsp3) is 0.235. The van der Waals surface area contributed by atoms with E-state index >= 15 is 0 Å². The molecule has 1 aromatic carbocycles. The highest BCUT2D eigenvalue weighted by Crippen LogP contribution is 2.21. The smallest absolute Gasteiger partial charge is 0.0648 e. The van der Waals surface area contributed by atoms with Crippen molar-refractivity contribution in [1.29, 1.82) is 0 Å². The van der Waals surface area contributed by atoms with Crippen molar-refractivity contribution in [3.05, 3.63) is 65.6 Å². The summed E-state index contributed by atoms with van der Waals surface area (Å²) >= 11 is 0. The molecule has 0 radical (unpaired) electrons. The largest absolute Gasteiger partial charge is 0.341 e. The van der Waals surface area contributed by atoms with Crippen LogP contribution in [-0.2, 0) is 13.0 Å². The second kappa shape index (κ2) is 5.47. The topological polar surface area (TPSA) is 43.8 Å². The van der Waals surface area contributed by atoms with Gasteiger partial charge < -0.3 is 10.3 Å². The van der Waals surface area contributed by atoms with Gasteiger partial charge in [0.05, 0.1) is 17.8 Å². The fourth-order valence-electron chi connectivity index (χ4n) is 2.69. The summed E-state index contributed by atoms with van der Waals surface area (Å²) in [7, 11) is 0. The maximum absolute atomic E-state index is 5.72. The Hall–Kier alpha value is -2.13. The van der Waals surface area contributed by atoms with Gasteiger partial charge in [0.25, 0.3) is 0 Å². The summed E-state index contributed by atoms with van der Waals surface area (Å²) in [5, 5.41) is 1.27. The molecule has 20 heavy (non-hydrogen) atoms. The lowest BCUT2D eigenvalue weighted by Gasteiger charge is -2.09. The second-order valence-electron chi connectivity index (χ2n) is 5.11. The van der Waals surface area contributed by atoms with Gasteiger partial charge in [-0.15, -0.1) is 0 Å². The maximum atomic E-state index is 5.72. The van der Waals surface area contributed by atoms with Crippen LogP contribution in [0.15, 0.2) is 48.7 Å². The molecule has 3 rings (SSSR count). The number of fused-ring (bicyclic) bond motifs is 1. The number of nitrogens with zero attached hydrogens (tertiary/aromatic N) is 2. The molecule has 0 unspecified atom stereocenters. The summed E-state index contributed by atoms with van der Waals surface area (Å²) in [6, 6.07) is 14.7. The average molecular weight is 265 g/mol. The molecule has 102 valence electrons. The summed E-state index contributed by atoms with van der Waals surface area (Å²) in [6.07, 6.45) is 3.04. The molecule has 0 saturated heterocycles. The molecule has 2 N–H and O–H groups in total. The van der Waals surface area contributed by atoms with E-state index in [1.807, 2.05) is 13.0 Å². The first-order valence-corrected chi connectivity index (χ1v) is 6.97.